The highest BCUT2D eigenvalue weighted by molar-refractivity contribution is 6.22. The topological polar surface area (TPSA) is 122 Å². The average Bonchev–Trinajstić information content (AvgIpc) is 3.72. The monoisotopic (exact) mass is 581 g/mol. The second-order valence-electron chi connectivity index (χ2n) is 11.8. The van der Waals surface area contributed by atoms with E-state index in [1.807, 2.05) is 19.9 Å². The van der Waals surface area contributed by atoms with Crippen LogP contribution in [-0.4, -0.2) is 41.9 Å². The van der Waals surface area contributed by atoms with Crippen molar-refractivity contribution in [3.05, 3.63) is 91.5 Å². The molecule has 5 aliphatic heterocycles. The van der Waals surface area contributed by atoms with Crippen molar-refractivity contribution in [2.45, 2.75) is 74.1 Å². The van der Waals surface area contributed by atoms with Gasteiger partial charge in [0.05, 0.1) is 41.0 Å². The molecule has 0 aromatic heterocycles. The minimum Gasteiger partial charge on any atom is -0.511 e. The maximum atomic E-state index is 12.8. The maximum absolute atomic E-state index is 12.8. The molecule has 43 heavy (non-hydrogen) atoms. The number of aliphatic hydroxyl groups excluding tert-OH is 1. The summed E-state index contributed by atoms with van der Waals surface area (Å²) in [6.07, 6.45) is 9.53. The number of Topliss-reactive ketones (excluding diaryl/α,β-unsaturated/α-hetero) is 1. The Bertz CT molecular complexity index is 1650. The van der Waals surface area contributed by atoms with Crippen molar-refractivity contribution in [2.75, 3.05) is 13.8 Å². The predicted molar refractivity (Wildman–Crippen MR) is 174 cm³/mol. The van der Waals surface area contributed by atoms with Crippen LogP contribution < -0.4 is 11.1 Å². The van der Waals surface area contributed by atoms with Gasteiger partial charge >= 0.3 is 0 Å². The van der Waals surface area contributed by atoms with E-state index in [0.29, 0.717) is 30.2 Å². The standard InChI is InChI=1S/C33H36N4O2.C2H7NO/c1-8-10-21-16(4)24-12-25-17(5)30(19(7)38)28(35-25)14-23-15(3)20(9-2)27(34-23)13-26-18(6)31-29(39)11-22(32(21)36-24)33(31)37-26;1-4-2-3/h12-14,16,21,36,39H,8-11H2,1-7H3;2-3H2,1H3/t16-,21-;/m0./s1. The summed E-state index contributed by atoms with van der Waals surface area (Å²) in [5, 5.41) is 14.9. The van der Waals surface area contributed by atoms with Crippen LogP contribution in [0.5, 0.6) is 0 Å². The van der Waals surface area contributed by atoms with Crippen molar-refractivity contribution in [1.82, 2.24) is 5.32 Å². The summed E-state index contributed by atoms with van der Waals surface area (Å²) < 4.78 is 4.32. The summed E-state index contributed by atoms with van der Waals surface area (Å²) in [6.45, 7) is 14.6. The van der Waals surface area contributed by atoms with Crippen LogP contribution in [0.2, 0.25) is 0 Å². The molecule has 8 heteroatoms. The maximum Gasteiger partial charge on any atom is 0.162 e. The summed E-state index contributed by atoms with van der Waals surface area (Å²) in [6, 6.07) is 0. The first-order valence-corrected chi connectivity index (χ1v) is 15.2. The molecule has 6 rings (SSSR count). The number of allylic oxidation sites excluding steroid dienone is 12. The van der Waals surface area contributed by atoms with Gasteiger partial charge in [0, 0.05) is 53.5 Å². The number of carbonyl (C=O) groups excluding carboxylic acids is 1. The lowest BCUT2D eigenvalue weighted by atomic mass is 9.86. The van der Waals surface area contributed by atoms with Gasteiger partial charge in [-0.15, -0.1) is 0 Å². The summed E-state index contributed by atoms with van der Waals surface area (Å²) in [4.78, 5) is 27.9. The van der Waals surface area contributed by atoms with E-state index >= 15 is 0 Å². The van der Waals surface area contributed by atoms with Gasteiger partial charge in [-0.3, -0.25) is 4.79 Å². The normalized spacial score (nSPS) is 24.1. The number of ketones is 1. The lowest BCUT2D eigenvalue weighted by molar-refractivity contribution is -0.113. The van der Waals surface area contributed by atoms with Gasteiger partial charge in [0.25, 0.3) is 0 Å². The number of rotatable bonds is 5. The van der Waals surface area contributed by atoms with Gasteiger partial charge in [-0.25, -0.2) is 15.0 Å². The minimum absolute atomic E-state index is 0.00736. The fraction of sp³-hybridized carbons (Fsp3) is 0.429. The fourth-order valence-electron chi connectivity index (χ4n) is 6.86. The zero-order valence-corrected chi connectivity index (χ0v) is 26.6. The first-order valence-electron chi connectivity index (χ1n) is 15.2. The van der Waals surface area contributed by atoms with Crippen molar-refractivity contribution in [1.29, 1.82) is 0 Å². The number of hydrogen-bond donors (Lipinski definition) is 3. The number of ether oxygens (including phenoxy) is 1. The Hall–Kier alpha value is -3.88. The van der Waals surface area contributed by atoms with Crippen molar-refractivity contribution < 1.29 is 14.6 Å². The van der Waals surface area contributed by atoms with Gasteiger partial charge in [0.1, 0.15) is 5.76 Å². The van der Waals surface area contributed by atoms with E-state index in [4.69, 9.17) is 20.7 Å². The van der Waals surface area contributed by atoms with Crippen LogP contribution in [-0.2, 0) is 9.53 Å². The third kappa shape index (κ3) is 5.17. The van der Waals surface area contributed by atoms with Crippen LogP contribution in [0.1, 0.15) is 74.1 Å². The first-order chi connectivity index (χ1) is 20.6. The number of carbonyl (C=O) groups is 1. The van der Waals surface area contributed by atoms with Gasteiger partial charge in [-0.05, 0) is 81.1 Å². The van der Waals surface area contributed by atoms with E-state index in [1.54, 1.807) is 14.0 Å². The molecule has 226 valence electrons. The average molecular weight is 582 g/mol. The Labute approximate surface area is 254 Å². The molecule has 1 saturated heterocycles. The molecule has 0 amide bonds. The van der Waals surface area contributed by atoms with E-state index in [-0.39, 0.29) is 17.6 Å². The Morgan fingerprint density at radius 2 is 1.72 bits per heavy atom. The molecule has 1 fully saturated rings. The molecule has 6 aliphatic rings. The van der Waals surface area contributed by atoms with Gasteiger partial charge in [0.15, 0.2) is 5.78 Å². The summed E-state index contributed by atoms with van der Waals surface area (Å²) in [7, 11) is 1.56. The Balaban J connectivity index is 0.000000868. The number of methoxy groups -OCH3 is 1. The molecule has 0 radical (unpaired) electrons. The van der Waals surface area contributed by atoms with Crippen LogP contribution in [0.15, 0.2) is 106 Å². The molecular weight excluding hydrogens is 538 g/mol. The lowest BCUT2D eigenvalue weighted by Gasteiger charge is -2.17. The Morgan fingerprint density at radius 1 is 1.05 bits per heavy atom. The van der Waals surface area contributed by atoms with Gasteiger partial charge in [0.2, 0.25) is 0 Å². The molecule has 0 aromatic rings. The van der Waals surface area contributed by atoms with Crippen molar-refractivity contribution >= 4 is 22.9 Å². The second-order valence-corrected chi connectivity index (χ2v) is 11.8. The van der Waals surface area contributed by atoms with Crippen LogP contribution in [0, 0.1) is 11.8 Å². The molecule has 0 aromatic carbocycles. The predicted octanol–water partition coefficient (Wildman–Crippen LogP) is 6.60. The molecular formula is C35H43N5O3. The molecule has 0 unspecified atom stereocenters. The molecule has 8 nitrogen and oxygen atoms in total. The van der Waals surface area contributed by atoms with E-state index < -0.39 is 0 Å². The summed E-state index contributed by atoms with van der Waals surface area (Å²) in [5.41, 5.74) is 18.7. The lowest BCUT2D eigenvalue weighted by Crippen LogP contribution is -2.14. The quantitative estimate of drug-likeness (QED) is 0.316. The molecule has 8 bridgehead atoms. The van der Waals surface area contributed by atoms with Crippen molar-refractivity contribution in [3.63, 3.8) is 0 Å². The molecule has 2 atom stereocenters. The number of hydrogen-bond acceptors (Lipinski definition) is 8. The Morgan fingerprint density at radius 3 is 2.35 bits per heavy atom. The molecule has 4 N–H and O–H groups in total. The van der Waals surface area contributed by atoms with Crippen LogP contribution in [0.4, 0.5) is 0 Å². The largest absolute Gasteiger partial charge is 0.511 e. The Kier molecular flexibility index (Phi) is 8.54. The van der Waals surface area contributed by atoms with E-state index in [2.05, 4.69) is 49.9 Å². The highest BCUT2D eigenvalue weighted by Gasteiger charge is 2.41. The summed E-state index contributed by atoms with van der Waals surface area (Å²) in [5.74, 6) is 0.930. The number of nitrogens with zero attached hydrogens (tertiary/aromatic N) is 3. The highest BCUT2D eigenvalue weighted by atomic mass is 16.5. The smallest absolute Gasteiger partial charge is 0.162 e. The van der Waals surface area contributed by atoms with E-state index in [0.717, 1.165) is 92.6 Å². The summed E-state index contributed by atoms with van der Waals surface area (Å²) >= 11 is 0. The van der Waals surface area contributed by atoms with Crippen LogP contribution >= 0.6 is 0 Å². The van der Waals surface area contributed by atoms with Crippen LogP contribution in [0.25, 0.3) is 0 Å². The van der Waals surface area contributed by atoms with Crippen LogP contribution in [0.3, 0.4) is 0 Å². The van der Waals surface area contributed by atoms with Gasteiger partial charge in [-0.1, -0.05) is 27.2 Å². The third-order valence-electron chi connectivity index (χ3n) is 9.17. The first kappa shape index (κ1) is 30.6. The highest BCUT2D eigenvalue weighted by Crippen LogP contribution is 2.46. The minimum atomic E-state index is 0.00736. The molecule has 1 aliphatic carbocycles. The molecule has 0 spiro atoms. The van der Waals surface area contributed by atoms with Crippen molar-refractivity contribution in [2.24, 2.45) is 32.5 Å². The molecule has 5 heterocycles. The second kappa shape index (κ2) is 12.0. The van der Waals surface area contributed by atoms with Gasteiger partial charge < -0.3 is 20.9 Å². The number of aliphatic hydroxyl groups is 1. The fourth-order valence-corrected chi connectivity index (χ4v) is 6.86. The van der Waals surface area contributed by atoms with E-state index in [9.17, 15) is 9.90 Å². The third-order valence-corrected chi connectivity index (χ3v) is 9.17. The van der Waals surface area contributed by atoms with Gasteiger partial charge in [-0.2, -0.15) is 0 Å². The number of nitrogens with one attached hydrogen (secondary N) is 1. The zero-order chi connectivity index (χ0) is 31.2. The molecule has 0 saturated carbocycles. The zero-order valence-electron chi connectivity index (χ0n) is 26.6. The van der Waals surface area contributed by atoms with E-state index in [1.165, 1.54) is 0 Å². The number of fused-ring (bicyclic) bond motifs is 5. The SMILES string of the molecule is CCC[C@@H]1C2=C3CC(O)=C4C3=NC(=C4C)C=C3N=C(C=C4N=C(C=C(N2)[C@H]1C)C(C)=C4C(C)=O)C(C)=C3CC.COCN. The van der Waals surface area contributed by atoms with Crippen molar-refractivity contribution in [3.8, 4) is 0 Å². The number of aliphatic imine (C=N–C) groups is 3. The number of nitrogens with two attached hydrogens (primary N) is 1.